The van der Waals surface area contributed by atoms with Crippen LogP contribution in [0.3, 0.4) is 0 Å². The van der Waals surface area contributed by atoms with E-state index in [9.17, 15) is 4.79 Å². The molecule has 0 aliphatic heterocycles. The molecule has 1 rings (SSSR count). The van der Waals surface area contributed by atoms with Gasteiger partial charge in [0, 0.05) is 5.56 Å². The van der Waals surface area contributed by atoms with Crippen molar-refractivity contribution in [3.8, 4) is 17.6 Å². The first-order chi connectivity index (χ1) is 7.72. The van der Waals surface area contributed by atoms with Gasteiger partial charge in [-0.2, -0.15) is 5.26 Å². The first-order valence-corrected chi connectivity index (χ1v) is 4.41. The number of nitrogens with one attached hydrogen (secondary N) is 1. The third kappa shape index (κ3) is 2.62. The minimum absolute atomic E-state index is 0.0845. The molecule has 0 radical (unpaired) electrons. The van der Waals surface area contributed by atoms with E-state index < -0.39 is 5.91 Å². The van der Waals surface area contributed by atoms with Crippen LogP contribution < -0.4 is 20.7 Å². The van der Waals surface area contributed by atoms with Gasteiger partial charge >= 0.3 is 0 Å². The summed E-state index contributed by atoms with van der Waals surface area (Å²) in [5, 5.41) is 8.38. The molecule has 16 heavy (non-hydrogen) atoms. The van der Waals surface area contributed by atoms with Crippen molar-refractivity contribution in [1.29, 1.82) is 5.26 Å². The summed E-state index contributed by atoms with van der Waals surface area (Å²) >= 11 is 0. The summed E-state index contributed by atoms with van der Waals surface area (Å²) in [5.74, 6) is 5.35. The van der Waals surface area contributed by atoms with Crippen molar-refractivity contribution in [1.82, 2.24) is 5.43 Å². The van der Waals surface area contributed by atoms with Gasteiger partial charge in [-0.1, -0.05) is 0 Å². The van der Waals surface area contributed by atoms with Gasteiger partial charge in [0.25, 0.3) is 5.91 Å². The van der Waals surface area contributed by atoms with Crippen LogP contribution in [0, 0.1) is 11.3 Å². The molecule has 3 N–H and O–H groups in total. The van der Waals surface area contributed by atoms with Gasteiger partial charge in [-0.15, -0.1) is 0 Å². The van der Waals surface area contributed by atoms with Crippen LogP contribution in [0.15, 0.2) is 18.2 Å². The lowest BCUT2D eigenvalue weighted by Gasteiger charge is -2.09. The minimum atomic E-state index is -0.426. The van der Waals surface area contributed by atoms with Crippen LogP contribution in [0.4, 0.5) is 0 Å². The van der Waals surface area contributed by atoms with Crippen LogP contribution in [0.5, 0.6) is 11.5 Å². The zero-order chi connectivity index (χ0) is 12.0. The van der Waals surface area contributed by atoms with Crippen LogP contribution in [0.1, 0.15) is 10.4 Å². The summed E-state index contributed by atoms with van der Waals surface area (Å²) in [5.41, 5.74) is 2.36. The van der Waals surface area contributed by atoms with Crippen LogP contribution in [-0.4, -0.2) is 19.6 Å². The number of nitrogen functional groups attached to an aromatic ring is 1. The molecule has 0 aromatic heterocycles. The molecule has 6 nitrogen and oxygen atoms in total. The van der Waals surface area contributed by atoms with Gasteiger partial charge in [-0.25, -0.2) is 5.84 Å². The number of nitrogens with zero attached hydrogens (tertiary/aromatic N) is 1. The fourth-order valence-electron chi connectivity index (χ4n) is 1.12. The van der Waals surface area contributed by atoms with Crippen LogP contribution in [-0.2, 0) is 0 Å². The maximum Gasteiger partial charge on any atom is 0.265 e. The van der Waals surface area contributed by atoms with Crippen LogP contribution >= 0.6 is 0 Å². The van der Waals surface area contributed by atoms with E-state index in [2.05, 4.69) is 0 Å². The molecule has 0 spiro atoms. The first-order valence-electron chi connectivity index (χ1n) is 4.41. The number of hydrogen-bond acceptors (Lipinski definition) is 5. The van der Waals surface area contributed by atoms with Gasteiger partial charge in [0.15, 0.2) is 18.1 Å². The highest BCUT2D eigenvalue weighted by Gasteiger charge is 2.09. The Bertz CT molecular complexity index is 426. The lowest BCUT2D eigenvalue weighted by molar-refractivity contribution is 0.0953. The first kappa shape index (κ1) is 11.8. The predicted octanol–water partition coefficient (Wildman–Crippen LogP) is 0.201. The zero-order valence-corrected chi connectivity index (χ0v) is 8.69. The molecule has 1 aromatic rings. The normalized spacial score (nSPS) is 9.06. The number of nitrogens with two attached hydrogens (primary N) is 1. The lowest BCUT2D eigenvalue weighted by Crippen LogP contribution is -2.29. The van der Waals surface area contributed by atoms with E-state index in [0.29, 0.717) is 17.1 Å². The molecule has 0 aliphatic carbocycles. The number of hydrazine groups is 1. The van der Waals surface area contributed by atoms with Crippen molar-refractivity contribution in [2.45, 2.75) is 0 Å². The second-order valence-corrected chi connectivity index (χ2v) is 2.79. The highest BCUT2D eigenvalue weighted by atomic mass is 16.5. The summed E-state index contributed by atoms with van der Waals surface area (Å²) in [4.78, 5) is 11.2. The van der Waals surface area contributed by atoms with E-state index in [0.717, 1.165) is 0 Å². The summed E-state index contributed by atoms with van der Waals surface area (Å²) < 4.78 is 10.1. The number of carbonyl (C=O) groups is 1. The quantitative estimate of drug-likeness (QED) is 0.430. The zero-order valence-electron chi connectivity index (χ0n) is 8.69. The fourth-order valence-corrected chi connectivity index (χ4v) is 1.12. The number of nitriles is 1. The summed E-state index contributed by atoms with van der Waals surface area (Å²) in [6, 6.07) is 6.39. The molecule has 6 heteroatoms. The molecule has 0 unspecified atom stereocenters. The number of hydrogen-bond donors (Lipinski definition) is 2. The SMILES string of the molecule is COc1cc(C(=O)NN)ccc1OCC#N. The van der Waals surface area contributed by atoms with Crippen molar-refractivity contribution < 1.29 is 14.3 Å². The molecule has 0 saturated carbocycles. The number of methoxy groups -OCH3 is 1. The van der Waals surface area contributed by atoms with E-state index in [4.69, 9.17) is 20.6 Å². The molecule has 1 aromatic carbocycles. The summed E-state index contributed by atoms with van der Waals surface area (Å²) in [7, 11) is 1.44. The Kier molecular flexibility index (Phi) is 4.12. The van der Waals surface area contributed by atoms with Crippen molar-refractivity contribution >= 4 is 5.91 Å². The second kappa shape index (κ2) is 5.58. The Morgan fingerprint density at radius 2 is 2.31 bits per heavy atom. The van der Waals surface area contributed by atoms with Crippen molar-refractivity contribution in [3.63, 3.8) is 0 Å². The van der Waals surface area contributed by atoms with Gasteiger partial charge in [-0.05, 0) is 18.2 Å². The average Bonchev–Trinajstić information content (AvgIpc) is 2.35. The maximum atomic E-state index is 11.2. The van der Waals surface area contributed by atoms with Gasteiger partial charge in [-0.3, -0.25) is 10.2 Å². The largest absolute Gasteiger partial charge is 0.493 e. The molecule has 0 fully saturated rings. The topological polar surface area (TPSA) is 97.4 Å². The number of carbonyl (C=O) groups excluding carboxylic acids is 1. The molecule has 1 amide bonds. The van der Waals surface area contributed by atoms with Crippen LogP contribution in [0.25, 0.3) is 0 Å². The summed E-state index contributed by atoms with van der Waals surface area (Å²) in [6.45, 7) is -0.0845. The Hall–Kier alpha value is -2.26. The summed E-state index contributed by atoms with van der Waals surface area (Å²) in [6.07, 6.45) is 0. The smallest absolute Gasteiger partial charge is 0.265 e. The lowest BCUT2D eigenvalue weighted by atomic mass is 10.2. The standard InChI is InChI=1S/C10H11N3O3/c1-15-9-6-7(10(14)13-12)2-3-8(9)16-5-4-11/h2-3,6H,5,12H2,1H3,(H,13,14). The minimum Gasteiger partial charge on any atom is -0.493 e. The highest BCUT2D eigenvalue weighted by molar-refractivity contribution is 5.94. The Morgan fingerprint density at radius 3 is 2.88 bits per heavy atom. The molecule has 0 saturated heterocycles. The van der Waals surface area contributed by atoms with Crippen molar-refractivity contribution in [2.24, 2.45) is 5.84 Å². The van der Waals surface area contributed by atoms with Crippen molar-refractivity contribution in [2.75, 3.05) is 13.7 Å². The van der Waals surface area contributed by atoms with Gasteiger partial charge in [0.05, 0.1) is 7.11 Å². The van der Waals surface area contributed by atoms with Gasteiger partial charge in [0.2, 0.25) is 0 Å². The molecule has 0 heterocycles. The van der Waals surface area contributed by atoms with E-state index in [1.165, 1.54) is 19.2 Å². The van der Waals surface area contributed by atoms with E-state index in [-0.39, 0.29) is 6.61 Å². The third-order valence-electron chi connectivity index (χ3n) is 1.85. The molecule has 0 aliphatic rings. The molecular formula is C10H11N3O3. The van der Waals surface area contributed by atoms with Gasteiger partial charge in [0.1, 0.15) is 6.07 Å². The fraction of sp³-hybridized carbons (Fsp3) is 0.200. The predicted molar refractivity (Wildman–Crippen MR) is 55.8 cm³/mol. The second-order valence-electron chi connectivity index (χ2n) is 2.79. The van der Waals surface area contributed by atoms with E-state index in [1.54, 1.807) is 6.07 Å². The third-order valence-corrected chi connectivity index (χ3v) is 1.85. The average molecular weight is 221 g/mol. The van der Waals surface area contributed by atoms with Crippen LogP contribution in [0.2, 0.25) is 0 Å². The number of amides is 1. The Labute approximate surface area is 92.5 Å². The Balaban J connectivity index is 2.98. The number of rotatable bonds is 4. The van der Waals surface area contributed by atoms with E-state index in [1.807, 2.05) is 11.5 Å². The van der Waals surface area contributed by atoms with Gasteiger partial charge < -0.3 is 9.47 Å². The molecule has 0 bridgehead atoms. The number of benzene rings is 1. The molecule has 84 valence electrons. The molecule has 0 atom stereocenters. The Morgan fingerprint density at radius 1 is 1.56 bits per heavy atom. The maximum absolute atomic E-state index is 11.2. The highest BCUT2D eigenvalue weighted by Crippen LogP contribution is 2.27. The number of ether oxygens (including phenoxy) is 2. The molecular weight excluding hydrogens is 210 g/mol. The van der Waals surface area contributed by atoms with E-state index >= 15 is 0 Å². The monoisotopic (exact) mass is 221 g/mol. The van der Waals surface area contributed by atoms with Crippen molar-refractivity contribution in [3.05, 3.63) is 23.8 Å².